The van der Waals surface area contributed by atoms with Gasteiger partial charge in [0.2, 0.25) is 11.8 Å². The lowest BCUT2D eigenvalue weighted by molar-refractivity contribution is -0.126. The van der Waals surface area contributed by atoms with Gasteiger partial charge in [-0.2, -0.15) is 8.78 Å². The van der Waals surface area contributed by atoms with Crippen LogP contribution in [0.1, 0.15) is 18.1 Å². The van der Waals surface area contributed by atoms with Gasteiger partial charge in [0.15, 0.2) is 5.92 Å². The Morgan fingerprint density at radius 3 is 2.30 bits per heavy atom. The second-order valence-corrected chi connectivity index (χ2v) is 6.38. The molecule has 9 heteroatoms. The first-order chi connectivity index (χ1) is 14.2. The largest absolute Gasteiger partial charge is 0.435 e. The van der Waals surface area contributed by atoms with Gasteiger partial charge < -0.3 is 26.5 Å². The molecule has 0 fully saturated rings. The third-order valence-electron chi connectivity index (χ3n) is 4.21. The fourth-order valence-electron chi connectivity index (χ4n) is 2.72. The van der Waals surface area contributed by atoms with Crippen molar-refractivity contribution in [3.8, 4) is 5.75 Å². The Morgan fingerprint density at radius 1 is 1.10 bits per heavy atom. The normalized spacial score (nSPS) is 11.9. The van der Waals surface area contributed by atoms with Gasteiger partial charge in [-0.15, -0.1) is 0 Å². The van der Waals surface area contributed by atoms with Gasteiger partial charge in [-0.05, 0) is 67.6 Å². The summed E-state index contributed by atoms with van der Waals surface area (Å²) in [5, 5.41) is 13.0. The number of carbonyl (C=O) groups excluding carboxylic acids is 2. The maximum atomic E-state index is 12.7. The van der Waals surface area contributed by atoms with Crippen molar-refractivity contribution in [1.29, 1.82) is 5.41 Å². The number of hydrogen-bond acceptors (Lipinski definition) is 5. The van der Waals surface area contributed by atoms with E-state index in [-0.39, 0.29) is 17.1 Å². The summed E-state index contributed by atoms with van der Waals surface area (Å²) in [5.74, 6) is -2.84. The van der Waals surface area contributed by atoms with Crippen LogP contribution in [0.5, 0.6) is 5.75 Å². The van der Waals surface area contributed by atoms with Crippen molar-refractivity contribution in [1.82, 2.24) is 0 Å². The molecule has 7 nitrogen and oxygen atoms in total. The minimum absolute atomic E-state index is 0.0672. The maximum Gasteiger partial charge on any atom is 0.387 e. The Kier molecular flexibility index (Phi) is 7.62. The fourth-order valence-corrected chi connectivity index (χ4v) is 2.72. The van der Waals surface area contributed by atoms with Gasteiger partial charge in [0.1, 0.15) is 5.75 Å². The average molecular weight is 416 g/mol. The Balaban J connectivity index is 2.15. The monoisotopic (exact) mass is 416 g/mol. The molecular weight excluding hydrogens is 394 g/mol. The number of ether oxygens (including phenoxy) is 1. The summed E-state index contributed by atoms with van der Waals surface area (Å²) in [6, 6.07) is 10.5. The smallest absolute Gasteiger partial charge is 0.387 e. The topological polar surface area (TPSA) is 117 Å². The van der Waals surface area contributed by atoms with E-state index in [1.807, 2.05) is 6.07 Å². The van der Waals surface area contributed by atoms with Gasteiger partial charge in [0, 0.05) is 17.1 Å². The molecule has 2 aromatic carbocycles. The summed E-state index contributed by atoms with van der Waals surface area (Å²) in [6.45, 7) is 0.186. The minimum Gasteiger partial charge on any atom is -0.435 e. The zero-order valence-corrected chi connectivity index (χ0v) is 16.4. The molecule has 0 bridgehead atoms. The van der Waals surface area contributed by atoms with Crippen LogP contribution in [0.4, 0.5) is 20.2 Å². The van der Waals surface area contributed by atoms with Crippen LogP contribution in [0.2, 0.25) is 0 Å². The third-order valence-corrected chi connectivity index (χ3v) is 4.21. The summed E-state index contributed by atoms with van der Waals surface area (Å²) >= 11 is 0. The standard InChI is InChI=1S/C21H22F2N4O3/c1-12-14(10-11-24)4-3-5-17(12)27-20(29)18(13(2)25)19(28)26-15-6-8-16(9-7-15)30-21(22)23/h3-11,18,21,25H,24H2,1-2H3,(H,26,28)(H,27,29). The number of carbonyl (C=O) groups is 2. The number of nitrogens with one attached hydrogen (secondary N) is 3. The van der Waals surface area contributed by atoms with Crippen LogP contribution in [-0.2, 0) is 9.59 Å². The lowest BCUT2D eigenvalue weighted by atomic mass is 10.0. The van der Waals surface area contributed by atoms with Crippen molar-refractivity contribution in [2.45, 2.75) is 20.5 Å². The van der Waals surface area contributed by atoms with Crippen molar-refractivity contribution in [2.24, 2.45) is 11.7 Å². The fraction of sp³-hybridized carbons (Fsp3) is 0.190. The number of hydrogen-bond donors (Lipinski definition) is 4. The van der Waals surface area contributed by atoms with Crippen molar-refractivity contribution >= 4 is 35.0 Å². The quantitative estimate of drug-likeness (QED) is 0.387. The van der Waals surface area contributed by atoms with Crippen LogP contribution >= 0.6 is 0 Å². The molecule has 0 aromatic heterocycles. The second-order valence-electron chi connectivity index (χ2n) is 6.38. The molecule has 0 saturated carbocycles. The summed E-state index contributed by atoms with van der Waals surface area (Å²) in [6.07, 6.45) is 3.06. The van der Waals surface area contributed by atoms with E-state index in [1.165, 1.54) is 37.4 Å². The second kappa shape index (κ2) is 10.1. The molecule has 1 unspecified atom stereocenters. The Hall–Kier alpha value is -3.75. The first-order valence-corrected chi connectivity index (χ1v) is 8.92. The molecule has 1 atom stereocenters. The molecule has 2 rings (SSSR count). The zero-order valence-electron chi connectivity index (χ0n) is 16.4. The van der Waals surface area contributed by atoms with Gasteiger partial charge in [-0.1, -0.05) is 12.1 Å². The number of benzene rings is 2. The predicted octanol–water partition coefficient (Wildman–Crippen LogP) is 3.76. The number of nitrogens with two attached hydrogens (primary N) is 1. The molecule has 0 saturated heterocycles. The zero-order chi connectivity index (χ0) is 22.3. The summed E-state index contributed by atoms with van der Waals surface area (Å²) in [7, 11) is 0. The molecule has 0 radical (unpaired) electrons. The number of anilines is 2. The molecule has 0 aliphatic heterocycles. The highest BCUT2D eigenvalue weighted by atomic mass is 19.3. The molecule has 0 aliphatic rings. The maximum absolute atomic E-state index is 12.7. The van der Waals surface area contributed by atoms with Crippen LogP contribution in [0, 0.1) is 18.3 Å². The molecular formula is C21H22F2N4O3. The van der Waals surface area contributed by atoms with E-state index in [4.69, 9.17) is 11.1 Å². The highest BCUT2D eigenvalue weighted by Crippen LogP contribution is 2.22. The van der Waals surface area contributed by atoms with Crippen molar-refractivity contribution in [2.75, 3.05) is 10.6 Å². The van der Waals surface area contributed by atoms with Crippen molar-refractivity contribution in [3.05, 3.63) is 59.8 Å². The molecule has 2 amide bonds. The van der Waals surface area contributed by atoms with E-state index < -0.39 is 24.3 Å². The summed E-state index contributed by atoms with van der Waals surface area (Å²) < 4.78 is 28.7. The number of halogens is 2. The van der Waals surface area contributed by atoms with E-state index in [2.05, 4.69) is 15.4 Å². The lowest BCUT2D eigenvalue weighted by Gasteiger charge is -2.17. The van der Waals surface area contributed by atoms with Gasteiger partial charge >= 0.3 is 6.61 Å². The highest BCUT2D eigenvalue weighted by molar-refractivity contribution is 6.24. The first kappa shape index (κ1) is 22.5. The molecule has 0 heterocycles. The van der Waals surface area contributed by atoms with Crippen molar-refractivity contribution < 1.29 is 23.1 Å². The molecule has 0 spiro atoms. The van der Waals surface area contributed by atoms with Crippen LogP contribution in [-0.4, -0.2) is 24.1 Å². The highest BCUT2D eigenvalue weighted by Gasteiger charge is 2.29. The average Bonchev–Trinajstić information content (AvgIpc) is 2.66. The Labute approximate surface area is 172 Å². The molecule has 2 aromatic rings. The van der Waals surface area contributed by atoms with Crippen LogP contribution in [0.15, 0.2) is 48.7 Å². The van der Waals surface area contributed by atoms with Gasteiger partial charge in [-0.3, -0.25) is 9.59 Å². The number of rotatable bonds is 8. The molecule has 0 aliphatic carbocycles. The lowest BCUT2D eigenvalue weighted by Crippen LogP contribution is -2.38. The van der Waals surface area contributed by atoms with Gasteiger partial charge in [-0.25, -0.2) is 0 Å². The summed E-state index contributed by atoms with van der Waals surface area (Å²) in [5.41, 5.74) is 7.58. The predicted molar refractivity (Wildman–Crippen MR) is 112 cm³/mol. The van der Waals surface area contributed by atoms with Crippen LogP contribution < -0.4 is 21.1 Å². The van der Waals surface area contributed by atoms with E-state index >= 15 is 0 Å². The van der Waals surface area contributed by atoms with Gasteiger partial charge in [0.25, 0.3) is 0 Å². The Morgan fingerprint density at radius 2 is 1.73 bits per heavy atom. The van der Waals surface area contributed by atoms with E-state index in [9.17, 15) is 18.4 Å². The molecule has 5 N–H and O–H groups in total. The Bertz CT molecular complexity index is 959. The molecule has 158 valence electrons. The summed E-state index contributed by atoms with van der Waals surface area (Å²) in [4.78, 5) is 25.3. The first-order valence-electron chi connectivity index (χ1n) is 8.92. The van der Waals surface area contributed by atoms with Crippen molar-refractivity contribution in [3.63, 3.8) is 0 Å². The van der Waals surface area contributed by atoms with Crippen LogP contribution in [0.25, 0.3) is 6.08 Å². The SMILES string of the molecule is CC(=N)C(C(=O)Nc1ccc(OC(F)F)cc1)C(=O)Nc1cccc(C=CN)c1C. The molecule has 30 heavy (non-hydrogen) atoms. The van der Waals surface area contributed by atoms with Gasteiger partial charge in [0.05, 0.1) is 0 Å². The van der Waals surface area contributed by atoms with E-state index in [1.54, 1.807) is 25.1 Å². The third kappa shape index (κ3) is 5.87. The van der Waals surface area contributed by atoms with E-state index in [0.717, 1.165) is 11.1 Å². The number of alkyl halides is 2. The minimum atomic E-state index is -2.96. The van der Waals surface area contributed by atoms with Crippen LogP contribution in [0.3, 0.4) is 0 Å². The number of amides is 2. The van der Waals surface area contributed by atoms with E-state index in [0.29, 0.717) is 5.69 Å².